The lowest BCUT2D eigenvalue weighted by atomic mass is 9.82. The Labute approximate surface area is 204 Å². The fourth-order valence-corrected chi connectivity index (χ4v) is 5.18. The molecule has 2 aliphatic heterocycles. The molecule has 0 bridgehead atoms. The van der Waals surface area contributed by atoms with Crippen LogP contribution < -0.4 is 14.5 Å². The number of allylic oxidation sites excluding steroid dienone is 2. The minimum Gasteiger partial charge on any atom is -0.426 e. The third-order valence-electron chi connectivity index (χ3n) is 7.25. The van der Waals surface area contributed by atoms with Gasteiger partial charge >= 0.3 is 5.97 Å². The molecule has 2 aromatic rings. The largest absolute Gasteiger partial charge is 0.426 e. The Balaban J connectivity index is 1.23. The molecular weight excluding hydrogens is 444 g/mol. The van der Waals surface area contributed by atoms with E-state index in [1.165, 1.54) is 10.5 Å². The molecule has 0 saturated carbocycles. The van der Waals surface area contributed by atoms with Gasteiger partial charge < -0.3 is 9.64 Å². The van der Waals surface area contributed by atoms with Crippen molar-refractivity contribution in [2.45, 2.75) is 39.5 Å². The standard InChI is InChI=1S/C28H28N2O5/c1-3-18-5-7-20(8-6-18)29-16-19(15-25(29)31)28(34)35-22-11-9-21(10-12-22)30-26(32)23-13-4-17(2)14-24(23)27(30)33/h4-12,19,23-24H,3,13-16H2,1-2H3/t19-,23+,24-/m1/s1. The molecular formula is C28H28N2O5. The van der Waals surface area contributed by atoms with Gasteiger partial charge in [0, 0.05) is 18.7 Å². The van der Waals surface area contributed by atoms with Crippen LogP contribution in [0.2, 0.25) is 0 Å². The van der Waals surface area contributed by atoms with Gasteiger partial charge in [0.1, 0.15) is 5.75 Å². The number of carbonyl (C=O) groups is 4. The lowest BCUT2D eigenvalue weighted by Gasteiger charge is -2.18. The topological polar surface area (TPSA) is 84.0 Å². The summed E-state index contributed by atoms with van der Waals surface area (Å²) in [4.78, 5) is 53.9. The number of benzene rings is 2. The number of aryl methyl sites for hydroxylation is 1. The van der Waals surface area contributed by atoms with Crippen molar-refractivity contribution >= 4 is 35.1 Å². The van der Waals surface area contributed by atoms with Crippen LogP contribution in [0.3, 0.4) is 0 Å². The lowest BCUT2D eigenvalue weighted by Crippen LogP contribution is -2.30. The van der Waals surface area contributed by atoms with Crippen LogP contribution in [0, 0.1) is 17.8 Å². The highest BCUT2D eigenvalue weighted by molar-refractivity contribution is 6.22. The smallest absolute Gasteiger partial charge is 0.316 e. The van der Waals surface area contributed by atoms with Gasteiger partial charge in [-0.25, -0.2) is 0 Å². The van der Waals surface area contributed by atoms with Crippen LogP contribution in [-0.4, -0.2) is 30.2 Å². The summed E-state index contributed by atoms with van der Waals surface area (Å²) in [5.41, 5.74) is 3.57. The summed E-state index contributed by atoms with van der Waals surface area (Å²) in [7, 11) is 0. The Kier molecular flexibility index (Phi) is 6.01. The second-order valence-electron chi connectivity index (χ2n) is 9.56. The molecule has 7 heteroatoms. The summed E-state index contributed by atoms with van der Waals surface area (Å²) < 4.78 is 5.53. The Morgan fingerprint density at radius 2 is 1.57 bits per heavy atom. The van der Waals surface area contributed by atoms with E-state index in [0.717, 1.165) is 17.7 Å². The Hall–Kier alpha value is -3.74. The molecule has 180 valence electrons. The second-order valence-corrected chi connectivity index (χ2v) is 9.56. The van der Waals surface area contributed by atoms with E-state index in [0.29, 0.717) is 24.3 Å². The van der Waals surface area contributed by atoms with E-state index < -0.39 is 11.9 Å². The highest BCUT2D eigenvalue weighted by Gasteiger charge is 2.48. The minimum atomic E-state index is -0.561. The molecule has 2 heterocycles. The third-order valence-corrected chi connectivity index (χ3v) is 7.25. The zero-order valence-electron chi connectivity index (χ0n) is 19.9. The van der Waals surface area contributed by atoms with Crippen LogP contribution in [0.5, 0.6) is 5.75 Å². The fraction of sp³-hybridized carbons (Fsp3) is 0.357. The molecule has 7 nitrogen and oxygen atoms in total. The molecule has 0 aromatic heterocycles. The molecule has 2 aromatic carbocycles. The second kappa shape index (κ2) is 9.13. The first-order chi connectivity index (χ1) is 16.9. The highest BCUT2D eigenvalue weighted by Crippen LogP contribution is 2.40. The quantitative estimate of drug-likeness (QED) is 0.284. The van der Waals surface area contributed by atoms with E-state index in [1.54, 1.807) is 29.2 Å². The molecule has 5 rings (SSSR count). The van der Waals surface area contributed by atoms with E-state index in [2.05, 4.69) is 6.92 Å². The number of amides is 3. The van der Waals surface area contributed by atoms with Gasteiger partial charge in [-0.2, -0.15) is 0 Å². The van der Waals surface area contributed by atoms with E-state index in [1.807, 2.05) is 37.3 Å². The maximum Gasteiger partial charge on any atom is 0.316 e. The van der Waals surface area contributed by atoms with Crippen LogP contribution in [0.15, 0.2) is 60.2 Å². The fourth-order valence-electron chi connectivity index (χ4n) is 5.18. The third kappa shape index (κ3) is 4.27. The number of hydrogen-bond donors (Lipinski definition) is 0. The number of hydrogen-bond acceptors (Lipinski definition) is 5. The number of esters is 1. The maximum atomic E-state index is 12.9. The van der Waals surface area contributed by atoms with Gasteiger partial charge in [0.2, 0.25) is 17.7 Å². The monoisotopic (exact) mass is 472 g/mol. The van der Waals surface area contributed by atoms with Gasteiger partial charge in [-0.15, -0.1) is 0 Å². The average Bonchev–Trinajstić information content (AvgIpc) is 3.37. The Morgan fingerprint density at radius 1 is 0.914 bits per heavy atom. The van der Waals surface area contributed by atoms with Crippen LogP contribution in [0.25, 0.3) is 0 Å². The van der Waals surface area contributed by atoms with Gasteiger partial charge in [-0.3, -0.25) is 24.1 Å². The molecule has 3 aliphatic rings. The normalized spacial score (nSPS) is 24.0. The highest BCUT2D eigenvalue weighted by atomic mass is 16.5. The Bertz CT molecular complexity index is 1210. The zero-order chi connectivity index (χ0) is 24.7. The summed E-state index contributed by atoms with van der Waals surface area (Å²) in [5.74, 6) is -1.78. The van der Waals surface area contributed by atoms with E-state index in [4.69, 9.17) is 4.74 Å². The van der Waals surface area contributed by atoms with Gasteiger partial charge in [0.15, 0.2) is 0 Å². The van der Waals surface area contributed by atoms with Gasteiger partial charge in [-0.05, 0) is 68.1 Å². The predicted molar refractivity (Wildman–Crippen MR) is 131 cm³/mol. The van der Waals surface area contributed by atoms with Crippen molar-refractivity contribution in [3.05, 3.63) is 65.7 Å². The summed E-state index contributed by atoms with van der Waals surface area (Å²) >= 11 is 0. The van der Waals surface area contributed by atoms with Gasteiger partial charge in [0.05, 0.1) is 23.4 Å². The van der Waals surface area contributed by atoms with Gasteiger partial charge in [-0.1, -0.05) is 30.7 Å². The molecule has 0 spiro atoms. The van der Waals surface area contributed by atoms with E-state index in [-0.39, 0.29) is 42.5 Å². The molecule has 0 unspecified atom stereocenters. The van der Waals surface area contributed by atoms with Crippen molar-refractivity contribution in [2.75, 3.05) is 16.3 Å². The Morgan fingerprint density at radius 3 is 2.26 bits per heavy atom. The number of carbonyl (C=O) groups excluding carboxylic acids is 4. The minimum absolute atomic E-state index is 0.0967. The maximum absolute atomic E-state index is 12.9. The van der Waals surface area contributed by atoms with Crippen molar-refractivity contribution in [2.24, 2.45) is 17.8 Å². The SMILES string of the molecule is CCc1ccc(N2C[C@H](C(=O)Oc3ccc(N4C(=O)[C@H]5CC=C(C)C[C@H]5C4=O)cc3)CC2=O)cc1. The number of anilines is 2. The number of fused-ring (bicyclic) bond motifs is 1. The van der Waals surface area contributed by atoms with E-state index in [9.17, 15) is 19.2 Å². The first-order valence-corrected chi connectivity index (χ1v) is 12.1. The predicted octanol–water partition coefficient (Wildman–Crippen LogP) is 4.05. The molecule has 3 amide bonds. The van der Waals surface area contributed by atoms with Crippen molar-refractivity contribution in [3.63, 3.8) is 0 Å². The van der Waals surface area contributed by atoms with E-state index >= 15 is 0 Å². The molecule has 1 aliphatic carbocycles. The number of imide groups is 1. The van der Waals surface area contributed by atoms with Crippen LogP contribution in [0.4, 0.5) is 11.4 Å². The summed E-state index contributed by atoms with van der Waals surface area (Å²) in [6.45, 7) is 4.33. The number of nitrogens with zero attached hydrogens (tertiary/aromatic N) is 2. The molecule has 3 atom stereocenters. The zero-order valence-corrected chi connectivity index (χ0v) is 19.9. The summed E-state index contributed by atoms with van der Waals surface area (Å²) in [6, 6.07) is 14.2. The molecule has 2 saturated heterocycles. The van der Waals surface area contributed by atoms with Crippen LogP contribution in [0.1, 0.15) is 38.7 Å². The average molecular weight is 473 g/mol. The summed E-state index contributed by atoms with van der Waals surface area (Å²) in [5, 5.41) is 0. The van der Waals surface area contributed by atoms with Crippen molar-refractivity contribution in [1.82, 2.24) is 0 Å². The van der Waals surface area contributed by atoms with Crippen molar-refractivity contribution in [1.29, 1.82) is 0 Å². The number of rotatable bonds is 5. The molecule has 0 N–H and O–H groups in total. The van der Waals surface area contributed by atoms with Crippen molar-refractivity contribution < 1.29 is 23.9 Å². The number of ether oxygens (including phenoxy) is 1. The van der Waals surface area contributed by atoms with Crippen molar-refractivity contribution in [3.8, 4) is 5.75 Å². The molecule has 35 heavy (non-hydrogen) atoms. The molecule has 2 fully saturated rings. The molecule has 0 radical (unpaired) electrons. The lowest BCUT2D eigenvalue weighted by molar-refractivity contribution is -0.139. The first-order valence-electron chi connectivity index (χ1n) is 12.1. The van der Waals surface area contributed by atoms with Crippen LogP contribution in [-0.2, 0) is 25.6 Å². The van der Waals surface area contributed by atoms with Crippen LogP contribution >= 0.6 is 0 Å². The first kappa shape index (κ1) is 23.0. The summed E-state index contributed by atoms with van der Waals surface area (Å²) in [6.07, 6.45) is 4.25. The van der Waals surface area contributed by atoms with Gasteiger partial charge in [0.25, 0.3) is 0 Å².